The van der Waals surface area contributed by atoms with Gasteiger partial charge in [0, 0.05) is 42.6 Å². The van der Waals surface area contributed by atoms with Crippen molar-refractivity contribution in [1.29, 1.82) is 5.26 Å². The van der Waals surface area contributed by atoms with E-state index in [2.05, 4.69) is 11.0 Å². The number of carbonyl (C=O) groups excluding carboxylic acids is 1. The normalized spacial score (nSPS) is 14.8. The Labute approximate surface area is 163 Å². The first kappa shape index (κ1) is 18.8. The second-order valence-electron chi connectivity index (χ2n) is 6.21. The molecule has 2 aromatic carbocycles. The fourth-order valence-electron chi connectivity index (χ4n) is 2.87. The first-order valence-corrected chi connectivity index (χ1v) is 9.88. The number of benzene rings is 2. The number of hydrogen-bond acceptors (Lipinski definition) is 4. The van der Waals surface area contributed by atoms with Crippen LogP contribution in [0.4, 0.5) is 0 Å². The molecule has 6 heteroatoms. The maximum Gasteiger partial charge on any atom is 0.233 e. The lowest BCUT2D eigenvalue weighted by molar-refractivity contribution is -0.130. The fraction of sp³-hybridized carbons (Fsp3) is 0.300. The highest BCUT2D eigenvalue weighted by Gasteiger charge is 2.21. The van der Waals surface area contributed by atoms with Crippen molar-refractivity contribution in [3.8, 4) is 6.07 Å². The number of thioether (sulfide) groups is 1. The molecule has 0 atom stereocenters. The molecule has 1 aliphatic heterocycles. The van der Waals surface area contributed by atoms with Gasteiger partial charge in [0.1, 0.15) is 0 Å². The highest BCUT2D eigenvalue weighted by atomic mass is 35.5. The van der Waals surface area contributed by atoms with Gasteiger partial charge < -0.3 is 4.90 Å². The van der Waals surface area contributed by atoms with Gasteiger partial charge in [-0.25, -0.2) is 0 Å². The van der Waals surface area contributed by atoms with Gasteiger partial charge in [0.25, 0.3) is 0 Å². The average Bonchev–Trinajstić information content (AvgIpc) is 2.68. The van der Waals surface area contributed by atoms with Gasteiger partial charge in [-0.1, -0.05) is 23.7 Å². The van der Waals surface area contributed by atoms with E-state index in [1.807, 2.05) is 53.4 Å². The average molecular weight is 386 g/mol. The van der Waals surface area contributed by atoms with Crippen molar-refractivity contribution in [2.45, 2.75) is 11.4 Å². The maximum atomic E-state index is 12.4. The third-order valence-electron chi connectivity index (χ3n) is 4.39. The number of carbonyl (C=O) groups is 1. The van der Waals surface area contributed by atoms with Crippen LogP contribution in [0.2, 0.25) is 5.02 Å². The molecule has 0 bridgehead atoms. The van der Waals surface area contributed by atoms with Crippen LogP contribution in [0, 0.1) is 11.3 Å². The van der Waals surface area contributed by atoms with Crippen molar-refractivity contribution in [3.05, 3.63) is 64.7 Å². The molecule has 0 aromatic heterocycles. The molecule has 0 saturated carbocycles. The molecule has 3 rings (SSSR count). The Bertz CT molecular complexity index is 778. The molecule has 4 nitrogen and oxygen atoms in total. The fourth-order valence-corrected chi connectivity index (χ4v) is 3.79. The quantitative estimate of drug-likeness (QED) is 0.737. The van der Waals surface area contributed by atoms with Gasteiger partial charge in [0.15, 0.2) is 0 Å². The van der Waals surface area contributed by atoms with Gasteiger partial charge in [-0.2, -0.15) is 5.26 Å². The van der Waals surface area contributed by atoms with Crippen LogP contribution in [-0.2, 0) is 11.3 Å². The Kier molecular flexibility index (Phi) is 6.56. The molecule has 0 N–H and O–H groups in total. The van der Waals surface area contributed by atoms with E-state index in [1.165, 1.54) is 5.56 Å². The first-order valence-electron chi connectivity index (χ1n) is 8.51. The first-order chi connectivity index (χ1) is 12.6. The monoisotopic (exact) mass is 385 g/mol. The summed E-state index contributed by atoms with van der Waals surface area (Å²) in [6.45, 7) is 4.12. The van der Waals surface area contributed by atoms with Crippen molar-refractivity contribution in [3.63, 3.8) is 0 Å². The van der Waals surface area contributed by atoms with Crippen LogP contribution in [0.15, 0.2) is 53.4 Å². The third kappa shape index (κ3) is 5.25. The van der Waals surface area contributed by atoms with Crippen molar-refractivity contribution in [2.24, 2.45) is 0 Å². The van der Waals surface area contributed by atoms with E-state index in [-0.39, 0.29) is 5.91 Å². The molecule has 0 spiro atoms. The van der Waals surface area contributed by atoms with Crippen LogP contribution in [0.3, 0.4) is 0 Å². The van der Waals surface area contributed by atoms with Gasteiger partial charge in [-0.3, -0.25) is 9.69 Å². The largest absolute Gasteiger partial charge is 0.339 e. The predicted molar refractivity (Wildman–Crippen MR) is 105 cm³/mol. The predicted octanol–water partition coefficient (Wildman–Crippen LogP) is 3.65. The molecule has 0 unspecified atom stereocenters. The summed E-state index contributed by atoms with van der Waals surface area (Å²) < 4.78 is 0. The Morgan fingerprint density at radius 3 is 2.31 bits per heavy atom. The molecule has 1 fully saturated rings. The van der Waals surface area contributed by atoms with Crippen LogP contribution >= 0.6 is 23.4 Å². The second-order valence-corrected chi connectivity index (χ2v) is 7.69. The molecule has 26 heavy (non-hydrogen) atoms. The number of hydrogen-bond donors (Lipinski definition) is 0. The van der Waals surface area contributed by atoms with E-state index in [9.17, 15) is 4.79 Å². The molecule has 1 saturated heterocycles. The van der Waals surface area contributed by atoms with Gasteiger partial charge in [0.2, 0.25) is 5.91 Å². The highest BCUT2D eigenvalue weighted by molar-refractivity contribution is 8.00. The molecule has 2 aromatic rings. The SMILES string of the molecule is N#Cc1ccc(CN2CCN(C(=O)CSc3ccc(Cl)cc3)CC2)cc1. The molecule has 1 aliphatic rings. The summed E-state index contributed by atoms with van der Waals surface area (Å²) in [4.78, 5) is 17.7. The van der Waals surface area contributed by atoms with Crippen LogP contribution in [-0.4, -0.2) is 47.6 Å². The summed E-state index contributed by atoms with van der Waals surface area (Å²) in [6, 6.07) is 17.4. The zero-order chi connectivity index (χ0) is 18.4. The minimum Gasteiger partial charge on any atom is -0.339 e. The minimum atomic E-state index is 0.183. The van der Waals surface area contributed by atoms with E-state index in [0.717, 1.165) is 37.6 Å². The number of amides is 1. The number of nitriles is 1. The topological polar surface area (TPSA) is 47.3 Å². The van der Waals surface area contributed by atoms with Gasteiger partial charge in [-0.15, -0.1) is 11.8 Å². The van der Waals surface area contributed by atoms with Crippen LogP contribution in [0.25, 0.3) is 0 Å². The molecular formula is C20H20ClN3OS. The van der Waals surface area contributed by atoms with Crippen molar-refractivity contribution < 1.29 is 4.79 Å². The lowest BCUT2D eigenvalue weighted by atomic mass is 10.1. The summed E-state index contributed by atoms with van der Waals surface area (Å²) >= 11 is 7.43. The Hall–Kier alpha value is -2.00. The third-order valence-corrected chi connectivity index (χ3v) is 5.64. The molecule has 134 valence electrons. The number of piperazine rings is 1. The Balaban J connectivity index is 1.43. The Morgan fingerprint density at radius 2 is 1.69 bits per heavy atom. The lowest BCUT2D eigenvalue weighted by Gasteiger charge is -2.34. The summed E-state index contributed by atoms with van der Waals surface area (Å²) in [5, 5.41) is 9.56. The van der Waals surface area contributed by atoms with Crippen molar-refractivity contribution >= 4 is 29.3 Å². The molecular weight excluding hydrogens is 366 g/mol. The van der Waals surface area contributed by atoms with E-state index in [0.29, 0.717) is 16.3 Å². The number of halogens is 1. The van der Waals surface area contributed by atoms with Crippen LogP contribution in [0.1, 0.15) is 11.1 Å². The number of nitrogens with zero attached hydrogens (tertiary/aromatic N) is 3. The molecule has 1 heterocycles. The van der Waals surface area contributed by atoms with Crippen molar-refractivity contribution in [1.82, 2.24) is 9.80 Å². The smallest absolute Gasteiger partial charge is 0.233 e. The van der Waals surface area contributed by atoms with E-state index in [1.54, 1.807) is 11.8 Å². The van der Waals surface area contributed by atoms with E-state index < -0.39 is 0 Å². The molecule has 0 radical (unpaired) electrons. The molecule has 1 amide bonds. The maximum absolute atomic E-state index is 12.4. The van der Waals surface area contributed by atoms with Crippen LogP contribution < -0.4 is 0 Å². The zero-order valence-corrected chi connectivity index (χ0v) is 16.0. The Morgan fingerprint density at radius 1 is 1.04 bits per heavy atom. The van der Waals surface area contributed by atoms with E-state index in [4.69, 9.17) is 16.9 Å². The summed E-state index contributed by atoms with van der Waals surface area (Å²) in [5.74, 6) is 0.639. The van der Waals surface area contributed by atoms with E-state index >= 15 is 0 Å². The van der Waals surface area contributed by atoms with Gasteiger partial charge in [-0.05, 0) is 42.0 Å². The minimum absolute atomic E-state index is 0.183. The van der Waals surface area contributed by atoms with Crippen LogP contribution in [0.5, 0.6) is 0 Å². The lowest BCUT2D eigenvalue weighted by Crippen LogP contribution is -2.48. The summed E-state index contributed by atoms with van der Waals surface area (Å²) in [7, 11) is 0. The molecule has 0 aliphatic carbocycles. The summed E-state index contributed by atoms with van der Waals surface area (Å²) in [5.41, 5.74) is 1.88. The number of rotatable bonds is 5. The summed E-state index contributed by atoms with van der Waals surface area (Å²) in [6.07, 6.45) is 0. The van der Waals surface area contributed by atoms with Crippen molar-refractivity contribution in [2.75, 3.05) is 31.9 Å². The van der Waals surface area contributed by atoms with Gasteiger partial charge in [0.05, 0.1) is 17.4 Å². The van der Waals surface area contributed by atoms with Gasteiger partial charge >= 0.3 is 0 Å². The second kappa shape index (κ2) is 9.09. The highest BCUT2D eigenvalue weighted by Crippen LogP contribution is 2.21. The standard InChI is InChI=1S/C20H20ClN3OS/c21-18-5-7-19(8-6-18)26-15-20(25)24-11-9-23(10-12-24)14-17-3-1-16(13-22)2-4-17/h1-8H,9-12,14-15H2. The zero-order valence-electron chi connectivity index (χ0n) is 14.4.